The number of benzene rings is 2. The summed E-state index contributed by atoms with van der Waals surface area (Å²) in [6.07, 6.45) is 0.907. The molecule has 3 aromatic rings. The molecule has 0 radical (unpaired) electrons. The highest BCUT2D eigenvalue weighted by molar-refractivity contribution is 7.17. The van der Waals surface area contributed by atoms with Gasteiger partial charge in [-0.05, 0) is 48.1 Å². The van der Waals surface area contributed by atoms with Crippen molar-refractivity contribution in [2.24, 2.45) is 5.92 Å². The van der Waals surface area contributed by atoms with Crippen molar-refractivity contribution in [3.05, 3.63) is 59.2 Å². The molecule has 0 spiro atoms. The smallest absolute Gasteiger partial charge is 0.251 e. The third-order valence-corrected chi connectivity index (χ3v) is 5.71. The maximum atomic E-state index is 13.9. The monoisotopic (exact) mass is 370 g/mol. The predicted molar refractivity (Wildman–Crippen MR) is 103 cm³/mol. The highest BCUT2D eigenvalue weighted by Crippen LogP contribution is 2.30. The Morgan fingerprint density at radius 2 is 2.15 bits per heavy atom. The summed E-state index contributed by atoms with van der Waals surface area (Å²) in [7, 11) is 0. The van der Waals surface area contributed by atoms with Crippen molar-refractivity contribution in [2.45, 2.75) is 6.42 Å². The molecule has 0 aliphatic carbocycles. The van der Waals surface area contributed by atoms with Crippen molar-refractivity contribution < 1.29 is 14.3 Å². The fourth-order valence-corrected chi connectivity index (χ4v) is 4.29. The fraction of sp³-hybridized carbons (Fsp3) is 0.250. The van der Waals surface area contributed by atoms with Crippen molar-refractivity contribution in [1.29, 1.82) is 0 Å². The molecule has 0 saturated carbocycles. The minimum absolute atomic E-state index is 0.125. The van der Waals surface area contributed by atoms with E-state index in [9.17, 15) is 14.3 Å². The summed E-state index contributed by atoms with van der Waals surface area (Å²) in [5, 5.41) is 15.6. The minimum Gasteiger partial charge on any atom is -0.507 e. The van der Waals surface area contributed by atoms with Gasteiger partial charge in [-0.2, -0.15) is 0 Å². The average Bonchev–Trinajstić information content (AvgIpc) is 3.29. The van der Waals surface area contributed by atoms with Crippen LogP contribution < -0.4 is 10.2 Å². The molecule has 1 fully saturated rings. The highest BCUT2D eigenvalue weighted by atomic mass is 32.1. The number of aromatic hydroxyl groups is 1. The zero-order valence-corrected chi connectivity index (χ0v) is 14.9. The zero-order chi connectivity index (χ0) is 18.1. The number of nitrogens with one attached hydrogen (secondary N) is 1. The Morgan fingerprint density at radius 1 is 1.31 bits per heavy atom. The van der Waals surface area contributed by atoms with E-state index in [-0.39, 0.29) is 23.4 Å². The second-order valence-corrected chi connectivity index (χ2v) is 7.54. The molecule has 2 heterocycles. The molecule has 26 heavy (non-hydrogen) atoms. The first-order valence-corrected chi connectivity index (χ1v) is 9.47. The lowest BCUT2D eigenvalue weighted by Crippen LogP contribution is -2.31. The third-order valence-electron chi connectivity index (χ3n) is 4.84. The maximum Gasteiger partial charge on any atom is 0.251 e. The summed E-state index contributed by atoms with van der Waals surface area (Å²) in [5.41, 5.74) is 1.08. The van der Waals surface area contributed by atoms with Gasteiger partial charge in [-0.15, -0.1) is 11.3 Å². The molecule has 1 atom stereocenters. The third kappa shape index (κ3) is 3.24. The first-order chi connectivity index (χ1) is 12.6. The number of rotatable bonds is 4. The molecule has 134 valence electrons. The number of nitrogens with zero attached hydrogens (tertiary/aromatic N) is 1. The molecular weight excluding hydrogens is 351 g/mol. The molecule has 1 saturated heterocycles. The Bertz CT molecular complexity index is 956. The fourth-order valence-electron chi connectivity index (χ4n) is 3.45. The zero-order valence-electron chi connectivity index (χ0n) is 14.1. The van der Waals surface area contributed by atoms with Crippen LogP contribution in [0.25, 0.3) is 10.1 Å². The molecule has 1 aliphatic heterocycles. The van der Waals surface area contributed by atoms with E-state index in [1.165, 1.54) is 23.5 Å². The molecule has 4 nitrogen and oxygen atoms in total. The Morgan fingerprint density at radius 3 is 3.00 bits per heavy atom. The van der Waals surface area contributed by atoms with Gasteiger partial charge in [0.05, 0.1) is 5.69 Å². The van der Waals surface area contributed by atoms with Gasteiger partial charge in [0.1, 0.15) is 11.6 Å². The number of hydrogen-bond acceptors (Lipinski definition) is 4. The average molecular weight is 370 g/mol. The van der Waals surface area contributed by atoms with E-state index in [4.69, 9.17) is 0 Å². The lowest BCUT2D eigenvalue weighted by atomic mass is 10.1. The van der Waals surface area contributed by atoms with Crippen molar-refractivity contribution in [3.63, 3.8) is 0 Å². The first-order valence-electron chi connectivity index (χ1n) is 8.59. The van der Waals surface area contributed by atoms with Crippen LogP contribution in [0.1, 0.15) is 16.8 Å². The van der Waals surface area contributed by atoms with Crippen molar-refractivity contribution in [1.82, 2.24) is 5.32 Å². The molecule has 2 N–H and O–H groups in total. The van der Waals surface area contributed by atoms with Crippen LogP contribution in [-0.4, -0.2) is 30.6 Å². The Hall–Kier alpha value is -2.60. The van der Waals surface area contributed by atoms with Gasteiger partial charge in [-0.3, -0.25) is 4.79 Å². The molecule has 0 bridgehead atoms. The van der Waals surface area contributed by atoms with Crippen LogP contribution in [0.15, 0.2) is 47.8 Å². The van der Waals surface area contributed by atoms with Crippen molar-refractivity contribution in [2.75, 3.05) is 24.5 Å². The second-order valence-electron chi connectivity index (χ2n) is 6.59. The largest absolute Gasteiger partial charge is 0.507 e. The number of carbonyl (C=O) groups is 1. The van der Waals surface area contributed by atoms with Gasteiger partial charge in [0, 0.05) is 35.3 Å². The molecule has 2 aromatic carbocycles. The van der Waals surface area contributed by atoms with Crippen LogP contribution in [0.2, 0.25) is 0 Å². The molecule has 1 amide bonds. The van der Waals surface area contributed by atoms with Crippen LogP contribution in [0.5, 0.6) is 5.75 Å². The lowest BCUT2D eigenvalue weighted by molar-refractivity contribution is 0.0948. The Kier molecular flexibility index (Phi) is 4.51. The lowest BCUT2D eigenvalue weighted by Gasteiger charge is -2.19. The number of amides is 1. The van der Waals surface area contributed by atoms with Crippen molar-refractivity contribution in [3.8, 4) is 5.75 Å². The molecule has 1 unspecified atom stereocenters. The van der Waals surface area contributed by atoms with E-state index in [1.807, 2.05) is 22.4 Å². The first kappa shape index (κ1) is 16.8. The van der Waals surface area contributed by atoms with Crippen LogP contribution in [0.4, 0.5) is 10.1 Å². The van der Waals surface area contributed by atoms with Gasteiger partial charge in [0.25, 0.3) is 5.91 Å². The maximum absolute atomic E-state index is 13.9. The topological polar surface area (TPSA) is 52.6 Å². The summed E-state index contributed by atoms with van der Waals surface area (Å²) in [6.45, 7) is 2.03. The summed E-state index contributed by atoms with van der Waals surface area (Å²) in [6, 6.07) is 11.9. The van der Waals surface area contributed by atoms with E-state index in [2.05, 4.69) is 5.32 Å². The van der Waals surface area contributed by atoms with Crippen LogP contribution in [-0.2, 0) is 0 Å². The number of phenols is 1. The van der Waals surface area contributed by atoms with Gasteiger partial charge in [0.2, 0.25) is 0 Å². The highest BCUT2D eigenvalue weighted by Gasteiger charge is 2.25. The quantitative estimate of drug-likeness (QED) is 0.730. The normalized spacial score (nSPS) is 17.0. The Labute approximate surface area is 154 Å². The number of hydrogen-bond donors (Lipinski definition) is 2. The van der Waals surface area contributed by atoms with E-state index in [1.54, 1.807) is 18.2 Å². The predicted octanol–water partition coefficient (Wildman–Crippen LogP) is 4.00. The molecular formula is C20H19FN2O2S. The molecule has 4 rings (SSSR count). The number of halogens is 1. The van der Waals surface area contributed by atoms with Gasteiger partial charge < -0.3 is 15.3 Å². The minimum atomic E-state index is -0.211. The van der Waals surface area contributed by atoms with E-state index in [0.29, 0.717) is 17.8 Å². The number of para-hydroxylation sites is 1. The Balaban J connectivity index is 1.38. The summed E-state index contributed by atoms with van der Waals surface area (Å²) >= 11 is 1.49. The van der Waals surface area contributed by atoms with E-state index >= 15 is 0 Å². The second kappa shape index (κ2) is 6.96. The summed E-state index contributed by atoms with van der Waals surface area (Å²) in [4.78, 5) is 14.5. The number of fused-ring (bicyclic) bond motifs is 1. The van der Waals surface area contributed by atoms with Gasteiger partial charge in [-0.1, -0.05) is 12.1 Å². The standard InChI is InChI=1S/C20H19FN2O2S/c21-16-3-1-2-4-17(16)23-7-5-13(12-23)11-22-20(25)14-9-18(24)15-6-8-26-19(15)10-14/h1-4,6,8-10,13,24H,5,7,11-12H2,(H,22,25). The number of carbonyl (C=O) groups excluding carboxylic acids is 1. The number of phenolic OH excluding ortho intramolecular Hbond substituents is 1. The number of anilines is 1. The van der Waals surface area contributed by atoms with E-state index < -0.39 is 0 Å². The molecule has 1 aliphatic rings. The summed E-state index contributed by atoms with van der Waals surface area (Å²) in [5.74, 6) is -0.00466. The van der Waals surface area contributed by atoms with Gasteiger partial charge >= 0.3 is 0 Å². The van der Waals surface area contributed by atoms with E-state index in [0.717, 1.165) is 29.6 Å². The van der Waals surface area contributed by atoms with Crippen LogP contribution >= 0.6 is 11.3 Å². The SMILES string of the molecule is O=C(NCC1CCN(c2ccccc2F)C1)c1cc(O)c2ccsc2c1. The van der Waals surface area contributed by atoms with Gasteiger partial charge in [0.15, 0.2) is 0 Å². The van der Waals surface area contributed by atoms with Crippen LogP contribution in [0.3, 0.4) is 0 Å². The van der Waals surface area contributed by atoms with Crippen molar-refractivity contribution >= 4 is 33.0 Å². The number of thiophene rings is 1. The molecule has 1 aromatic heterocycles. The van der Waals surface area contributed by atoms with Gasteiger partial charge in [-0.25, -0.2) is 4.39 Å². The summed E-state index contributed by atoms with van der Waals surface area (Å²) < 4.78 is 14.8. The van der Waals surface area contributed by atoms with Crippen LogP contribution in [0, 0.1) is 11.7 Å². The molecule has 6 heteroatoms.